The molecule has 0 aliphatic carbocycles. The van der Waals surface area contributed by atoms with Crippen molar-refractivity contribution in [3.63, 3.8) is 0 Å². The van der Waals surface area contributed by atoms with Crippen LogP contribution in [0.1, 0.15) is 0 Å². The van der Waals surface area contributed by atoms with E-state index in [-0.39, 0.29) is 5.75 Å². The summed E-state index contributed by atoms with van der Waals surface area (Å²) < 4.78 is 0.734. The largest absolute Gasteiger partial charge is 0.508 e. The third-order valence-corrected chi connectivity index (χ3v) is 3.16. The van der Waals surface area contributed by atoms with Gasteiger partial charge in [-0.15, -0.1) is 11.3 Å². The van der Waals surface area contributed by atoms with Crippen molar-refractivity contribution in [2.45, 2.75) is 0 Å². The van der Waals surface area contributed by atoms with Crippen molar-refractivity contribution in [3.8, 4) is 5.75 Å². The van der Waals surface area contributed by atoms with Gasteiger partial charge in [0.05, 0.1) is 5.02 Å². The molecule has 0 saturated carbocycles. The molecule has 2 aromatic rings. The van der Waals surface area contributed by atoms with Gasteiger partial charge in [0.1, 0.15) is 5.75 Å². The quantitative estimate of drug-likeness (QED) is 0.637. The third-order valence-electron chi connectivity index (χ3n) is 1.92. The number of halogens is 1. The Balaban J connectivity index is 2.79. The maximum absolute atomic E-state index is 9.26. The number of benzene rings is 1. The minimum atomic E-state index is -1.54. The number of thiophene rings is 1. The molecule has 2 rings (SSSR count). The Morgan fingerprint density at radius 1 is 1.29 bits per heavy atom. The van der Waals surface area contributed by atoms with Crippen LogP contribution in [-0.4, -0.2) is 22.3 Å². The summed E-state index contributed by atoms with van der Waals surface area (Å²) in [4.78, 5) is 0. The Bertz CT molecular complexity index is 483. The summed E-state index contributed by atoms with van der Waals surface area (Å²) in [6.45, 7) is 0. The van der Waals surface area contributed by atoms with Crippen molar-refractivity contribution in [1.82, 2.24) is 0 Å². The lowest BCUT2D eigenvalue weighted by Crippen LogP contribution is -2.28. The molecule has 6 heteroatoms. The molecule has 72 valence electrons. The van der Waals surface area contributed by atoms with E-state index in [1.165, 1.54) is 23.5 Å². The minimum absolute atomic E-state index is 0.0725. The SMILES string of the molecule is OB(O)c1csc2cc(O)cc(Cl)c12. The van der Waals surface area contributed by atoms with Crippen LogP contribution in [-0.2, 0) is 0 Å². The topological polar surface area (TPSA) is 60.7 Å². The molecule has 0 aliphatic heterocycles. The van der Waals surface area contributed by atoms with Crippen LogP contribution in [0, 0.1) is 0 Å². The second-order valence-electron chi connectivity index (χ2n) is 2.87. The van der Waals surface area contributed by atoms with Crippen LogP contribution in [0.15, 0.2) is 17.5 Å². The molecule has 3 nitrogen and oxygen atoms in total. The Morgan fingerprint density at radius 3 is 2.64 bits per heavy atom. The van der Waals surface area contributed by atoms with Crippen molar-refractivity contribution >= 4 is 45.6 Å². The highest BCUT2D eigenvalue weighted by molar-refractivity contribution is 7.18. The molecule has 1 aromatic heterocycles. The van der Waals surface area contributed by atoms with Crippen LogP contribution >= 0.6 is 22.9 Å². The number of phenols is 1. The minimum Gasteiger partial charge on any atom is -0.508 e. The number of hydrogen-bond acceptors (Lipinski definition) is 4. The molecule has 1 heterocycles. The summed E-state index contributed by atoms with van der Waals surface area (Å²) >= 11 is 7.18. The van der Waals surface area contributed by atoms with E-state index in [1.54, 1.807) is 5.38 Å². The Labute approximate surface area is 89.3 Å². The highest BCUT2D eigenvalue weighted by atomic mass is 35.5. The standard InChI is InChI=1S/C8H6BClO3S/c10-6-1-4(11)2-7-8(6)5(3-14-7)9(12)13/h1-3,11-13H. The number of fused-ring (bicyclic) bond motifs is 1. The molecular weight excluding hydrogens is 222 g/mol. The number of hydrogen-bond donors (Lipinski definition) is 3. The maximum atomic E-state index is 9.26. The molecule has 3 N–H and O–H groups in total. The fraction of sp³-hybridized carbons (Fsp3) is 0. The summed E-state index contributed by atoms with van der Waals surface area (Å²) in [6.07, 6.45) is 0. The van der Waals surface area contributed by atoms with E-state index in [9.17, 15) is 5.11 Å². The van der Waals surface area contributed by atoms with E-state index in [2.05, 4.69) is 0 Å². The van der Waals surface area contributed by atoms with Crippen LogP contribution in [0.3, 0.4) is 0 Å². The zero-order valence-corrected chi connectivity index (χ0v) is 8.51. The lowest BCUT2D eigenvalue weighted by Gasteiger charge is -2.00. The van der Waals surface area contributed by atoms with Gasteiger partial charge in [0.25, 0.3) is 0 Å². The second-order valence-corrected chi connectivity index (χ2v) is 4.18. The van der Waals surface area contributed by atoms with E-state index >= 15 is 0 Å². The fourth-order valence-corrected chi connectivity index (χ4v) is 2.72. The molecule has 0 aliphatic rings. The van der Waals surface area contributed by atoms with Gasteiger partial charge in [-0.2, -0.15) is 0 Å². The van der Waals surface area contributed by atoms with E-state index < -0.39 is 7.12 Å². The predicted molar refractivity (Wildman–Crippen MR) is 58.3 cm³/mol. The van der Waals surface area contributed by atoms with Crippen LogP contribution < -0.4 is 5.46 Å². The summed E-state index contributed by atoms with van der Waals surface area (Å²) in [5.41, 5.74) is 0.370. The summed E-state index contributed by atoms with van der Waals surface area (Å²) in [7, 11) is -1.54. The average Bonchev–Trinajstić information content (AvgIpc) is 2.47. The average molecular weight is 228 g/mol. The first kappa shape index (κ1) is 9.80. The zero-order chi connectivity index (χ0) is 10.3. The molecule has 14 heavy (non-hydrogen) atoms. The Hall–Kier alpha value is -0.745. The van der Waals surface area contributed by atoms with E-state index in [0.29, 0.717) is 15.9 Å². The monoisotopic (exact) mass is 228 g/mol. The molecular formula is C8H6BClO3S. The normalized spacial score (nSPS) is 10.8. The molecule has 0 unspecified atom stereocenters. The molecule has 0 spiro atoms. The predicted octanol–water partition coefficient (Wildman–Crippen LogP) is 0.940. The van der Waals surface area contributed by atoms with Crippen molar-refractivity contribution in [2.75, 3.05) is 0 Å². The van der Waals surface area contributed by atoms with E-state index in [4.69, 9.17) is 21.6 Å². The molecule has 0 amide bonds. The first-order valence-electron chi connectivity index (χ1n) is 3.85. The molecule has 0 radical (unpaired) electrons. The highest BCUT2D eigenvalue weighted by Gasteiger charge is 2.18. The molecule has 0 fully saturated rings. The first-order chi connectivity index (χ1) is 6.59. The number of aromatic hydroxyl groups is 1. The van der Waals surface area contributed by atoms with Gasteiger partial charge in [0.15, 0.2) is 0 Å². The van der Waals surface area contributed by atoms with Crippen molar-refractivity contribution in [2.24, 2.45) is 0 Å². The van der Waals surface area contributed by atoms with Gasteiger partial charge < -0.3 is 15.2 Å². The van der Waals surface area contributed by atoms with Gasteiger partial charge in [-0.1, -0.05) is 11.6 Å². The van der Waals surface area contributed by atoms with Crippen molar-refractivity contribution in [1.29, 1.82) is 0 Å². The number of phenolic OH excluding ortho intramolecular Hbond substituents is 1. The van der Waals surface area contributed by atoms with Crippen LogP contribution in [0.25, 0.3) is 10.1 Å². The Kier molecular flexibility index (Phi) is 2.40. The van der Waals surface area contributed by atoms with Gasteiger partial charge in [0, 0.05) is 15.5 Å². The zero-order valence-electron chi connectivity index (χ0n) is 6.94. The maximum Gasteiger partial charge on any atom is 0.489 e. The fourth-order valence-electron chi connectivity index (χ4n) is 1.32. The summed E-state index contributed by atoms with van der Waals surface area (Å²) in [5.74, 6) is 0.0725. The first-order valence-corrected chi connectivity index (χ1v) is 5.11. The van der Waals surface area contributed by atoms with Crippen LogP contribution in [0.2, 0.25) is 5.02 Å². The Morgan fingerprint density at radius 2 is 2.00 bits per heavy atom. The van der Waals surface area contributed by atoms with Crippen molar-refractivity contribution in [3.05, 3.63) is 22.5 Å². The third kappa shape index (κ3) is 1.48. The highest BCUT2D eigenvalue weighted by Crippen LogP contribution is 2.30. The lowest BCUT2D eigenvalue weighted by molar-refractivity contribution is 0.426. The van der Waals surface area contributed by atoms with Crippen molar-refractivity contribution < 1.29 is 15.2 Å². The van der Waals surface area contributed by atoms with E-state index in [1.807, 2.05) is 0 Å². The smallest absolute Gasteiger partial charge is 0.489 e. The lowest BCUT2D eigenvalue weighted by atomic mass is 9.80. The van der Waals surface area contributed by atoms with Gasteiger partial charge in [-0.25, -0.2) is 0 Å². The number of rotatable bonds is 1. The van der Waals surface area contributed by atoms with Gasteiger partial charge in [0.2, 0.25) is 0 Å². The molecule has 1 aromatic carbocycles. The van der Waals surface area contributed by atoms with Crippen LogP contribution in [0.4, 0.5) is 0 Å². The van der Waals surface area contributed by atoms with E-state index in [0.717, 1.165) is 4.70 Å². The molecule has 0 bridgehead atoms. The summed E-state index contributed by atoms with van der Waals surface area (Å²) in [6, 6.07) is 2.92. The van der Waals surface area contributed by atoms with Crippen LogP contribution in [0.5, 0.6) is 5.75 Å². The van der Waals surface area contributed by atoms with Gasteiger partial charge >= 0.3 is 7.12 Å². The summed E-state index contributed by atoms with van der Waals surface area (Å²) in [5, 5.41) is 29.9. The van der Waals surface area contributed by atoms with Gasteiger partial charge in [-0.3, -0.25) is 0 Å². The van der Waals surface area contributed by atoms with Gasteiger partial charge in [-0.05, 0) is 17.5 Å². The molecule has 0 atom stereocenters. The second kappa shape index (κ2) is 3.44. The molecule has 0 saturated heterocycles.